The molecule has 0 saturated carbocycles. The first kappa shape index (κ1) is 3.65. The molecule has 0 aromatic rings. The lowest BCUT2D eigenvalue weighted by Crippen LogP contribution is -2.03. The van der Waals surface area contributed by atoms with E-state index in [1.165, 1.54) is 13.8 Å². The summed E-state index contributed by atoms with van der Waals surface area (Å²) in [4.78, 5) is 9.83. The zero-order valence-electron chi connectivity index (χ0n) is 4.86. The van der Waals surface area contributed by atoms with Crippen molar-refractivity contribution in [1.82, 2.24) is 0 Å². The summed E-state index contributed by atoms with van der Waals surface area (Å²) in [5.74, 6) is -2.42. The molecule has 0 saturated heterocycles. The Morgan fingerprint density at radius 2 is 2.17 bits per heavy atom. The van der Waals surface area contributed by atoms with Crippen LogP contribution in [0.1, 0.15) is 15.2 Å². The van der Waals surface area contributed by atoms with E-state index in [1.54, 1.807) is 0 Å². The number of rotatable bonds is 1. The van der Waals surface area contributed by atoms with E-state index in [-0.39, 0.29) is 0 Å². The zero-order valence-corrected chi connectivity index (χ0v) is 3.86. The summed E-state index contributed by atoms with van der Waals surface area (Å²) < 4.78 is 6.79. The molecule has 1 unspecified atom stereocenters. The molecule has 0 aliphatic rings. The third-order valence-corrected chi connectivity index (χ3v) is 0.428. The second kappa shape index (κ2) is 1.80. The maximum Gasteiger partial charge on any atom is 0.305 e. The predicted octanol–water partition coefficient (Wildman–Crippen LogP) is 0.727. The van der Waals surface area contributed by atoms with Crippen molar-refractivity contribution < 1.29 is 11.3 Å². The third-order valence-electron chi connectivity index (χ3n) is 0.428. The first-order valence-electron chi connectivity index (χ1n) is 2.18. The number of carboxylic acids is 1. The first-order chi connectivity index (χ1) is 2.94. The van der Waals surface area contributed by atoms with E-state index < -0.39 is 11.9 Å². The maximum atomic E-state index is 9.83. The van der Waals surface area contributed by atoms with Gasteiger partial charge >= 0.3 is 5.97 Å². The highest BCUT2D eigenvalue weighted by Gasteiger charge is 1.99. The highest BCUT2D eigenvalue weighted by Crippen LogP contribution is 1.87. The van der Waals surface area contributed by atoms with Crippen LogP contribution in [0.3, 0.4) is 0 Å². The maximum absolute atomic E-state index is 9.83. The van der Waals surface area contributed by atoms with E-state index in [4.69, 9.17) is 6.48 Å². The molecule has 0 aromatic carbocycles. The SMILES string of the molecule is [2H]C(C)([13CH3])[13C](=O)O. The van der Waals surface area contributed by atoms with Crippen molar-refractivity contribution in [3.63, 3.8) is 0 Å². The average molecular weight is 91.1 g/mol. The topological polar surface area (TPSA) is 37.3 Å². The van der Waals surface area contributed by atoms with Crippen molar-refractivity contribution in [2.24, 2.45) is 5.89 Å². The summed E-state index contributed by atoms with van der Waals surface area (Å²) in [5, 5.41) is 8.06. The largest absolute Gasteiger partial charge is 0.481 e. The van der Waals surface area contributed by atoms with Crippen LogP contribution in [0, 0.1) is 5.89 Å². The number of carbonyl (C=O) groups is 1. The van der Waals surface area contributed by atoms with Crippen LogP contribution < -0.4 is 0 Å². The Morgan fingerprint density at radius 1 is 2.00 bits per heavy atom. The normalized spacial score (nSPS) is 21.3. The fourth-order valence-corrected chi connectivity index (χ4v) is 0. The van der Waals surface area contributed by atoms with E-state index in [0.29, 0.717) is 0 Å². The highest BCUT2D eigenvalue weighted by molar-refractivity contribution is 5.68. The lowest BCUT2D eigenvalue weighted by molar-refractivity contribution is -0.140. The molecule has 0 aromatic heterocycles. The summed E-state index contributed by atoms with van der Waals surface area (Å²) in [7, 11) is 0. The average Bonchev–Trinajstić information content (AvgIpc) is 1.31. The monoisotopic (exact) mass is 91.1 g/mol. The summed E-state index contributed by atoms with van der Waals surface area (Å²) in [6.07, 6.45) is 0. The summed E-state index contributed by atoms with van der Waals surface area (Å²) in [6.45, 7) is 2.66. The molecule has 1 atom stereocenters. The van der Waals surface area contributed by atoms with E-state index >= 15 is 0 Å². The molecule has 0 spiro atoms. The number of carboxylic acid groups (broad SMARTS) is 1. The molecule has 2 heteroatoms. The summed E-state index contributed by atoms with van der Waals surface area (Å²) >= 11 is 0. The van der Waals surface area contributed by atoms with Gasteiger partial charge in [-0.05, 0) is 0 Å². The minimum Gasteiger partial charge on any atom is -0.481 e. The van der Waals surface area contributed by atoms with E-state index in [0.717, 1.165) is 0 Å². The van der Waals surface area contributed by atoms with Crippen LogP contribution in [0.4, 0.5) is 0 Å². The van der Waals surface area contributed by atoms with E-state index in [2.05, 4.69) is 0 Å². The Balaban J connectivity index is 3.79. The Hall–Kier alpha value is -0.530. The fraction of sp³-hybridized carbons (Fsp3) is 0.750. The molecule has 0 bridgehead atoms. The highest BCUT2D eigenvalue weighted by atomic mass is 16.5. The quantitative estimate of drug-likeness (QED) is 0.483. The molecule has 6 heavy (non-hydrogen) atoms. The molecule has 0 heterocycles. The molecule has 2 nitrogen and oxygen atoms in total. The molecule has 36 valence electrons. The Labute approximate surface area is 38.2 Å². The lowest BCUT2D eigenvalue weighted by atomic mass is 10.5. The van der Waals surface area contributed by atoms with Crippen LogP contribution in [0.25, 0.3) is 0 Å². The molecule has 0 aliphatic carbocycles. The molecular formula is C4H8O2. The van der Waals surface area contributed by atoms with Gasteiger partial charge in [-0.2, -0.15) is 0 Å². The summed E-state index contributed by atoms with van der Waals surface area (Å²) in [6, 6.07) is 0. The van der Waals surface area contributed by atoms with Crippen LogP contribution in [0.15, 0.2) is 0 Å². The molecule has 0 radical (unpaired) electrons. The van der Waals surface area contributed by atoms with Gasteiger partial charge in [0.25, 0.3) is 0 Å². The van der Waals surface area contributed by atoms with Gasteiger partial charge in [-0.3, -0.25) is 4.79 Å². The van der Waals surface area contributed by atoms with Gasteiger partial charge in [0.15, 0.2) is 0 Å². The van der Waals surface area contributed by atoms with Gasteiger partial charge in [-0.25, -0.2) is 0 Å². The molecular weight excluding hydrogens is 82.0 g/mol. The molecule has 1 N–H and O–H groups in total. The number of aliphatic carboxylic acids is 1. The zero-order chi connectivity index (χ0) is 6.08. The Bertz CT molecular complexity index is 82.2. The van der Waals surface area contributed by atoms with Crippen LogP contribution in [-0.4, -0.2) is 11.1 Å². The van der Waals surface area contributed by atoms with Crippen molar-refractivity contribution in [3.05, 3.63) is 0 Å². The molecule has 0 fully saturated rings. The number of hydrogen-bond acceptors (Lipinski definition) is 1. The van der Waals surface area contributed by atoms with Crippen molar-refractivity contribution in [2.45, 2.75) is 13.8 Å². The fourth-order valence-electron chi connectivity index (χ4n) is 0. The second-order valence-electron chi connectivity index (χ2n) is 1.31. The minimum atomic E-state index is -1.33. The van der Waals surface area contributed by atoms with Gasteiger partial charge in [0.05, 0.1) is 5.89 Å². The Morgan fingerprint density at radius 3 is 2.17 bits per heavy atom. The lowest BCUT2D eigenvalue weighted by Gasteiger charge is -1.89. The van der Waals surface area contributed by atoms with Gasteiger partial charge < -0.3 is 5.11 Å². The first-order valence-corrected chi connectivity index (χ1v) is 1.68. The third kappa shape index (κ3) is 1.76. The van der Waals surface area contributed by atoms with Crippen molar-refractivity contribution in [2.75, 3.05) is 0 Å². The molecule has 0 amide bonds. The second-order valence-corrected chi connectivity index (χ2v) is 1.31. The van der Waals surface area contributed by atoms with Crippen LogP contribution in [0.5, 0.6) is 0 Å². The standard InChI is InChI=1S/C4H8O2/c1-3(2)4(5)6/h3H,1-2H3,(H,5,6)/i1+1,3D,4+1. The van der Waals surface area contributed by atoms with Crippen molar-refractivity contribution in [1.29, 1.82) is 0 Å². The van der Waals surface area contributed by atoms with Gasteiger partial charge in [0.2, 0.25) is 0 Å². The van der Waals surface area contributed by atoms with Crippen molar-refractivity contribution in [3.8, 4) is 0 Å². The smallest absolute Gasteiger partial charge is 0.305 e. The van der Waals surface area contributed by atoms with Crippen LogP contribution in [-0.2, 0) is 4.79 Å². The van der Waals surface area contributed by atoms with Crippen LogP contribution in [0.2, 0.25) is 0 Å². The van der Waals surface area contributed by atoms with E-state index in [9.17, 15) is 4.79 Å². The molecule has 0 rings (SSSR count). The Kier molecular flexibility index (Phi) is 1.10. The minimum absolute atomic E-state index is 1.09. The van der Waals surface area contributed by atoms with Gasteiger partial charge in [-0.15, -0.1) is 0 Å². The summed E-state index contributed by atoms with van der Waals surface area (Å²) in [5.41, 5.74) is 0. The number of hydrogen-bond donors (Lipinski definition) is 1. The van der Waals surface area contributed by atoms with Gasteiger partial charge in [-0.1, -0.05) is 13.8 Å². The van der Waals surface area contributed by atoms with Gasteiger partial charge in [0, 0.05) is 1.37 Å². The predicted molar refractivity (Wildman–Crippen MR) is 22.5 cm³/mol. The van der Waals surface area contributed by atoms with Crippen molar-refractivity contribution >= 4 is 5.97 Å². The van der Waals surface area contributed by atoms with Crippen LogP contribution >= 0.6 is 0 Å². The van der Waals surface area contributed by atoms with Gasteiger partial charge in [0.1, 0.15) is 0 Å². The molecule has 0 aliphatic heterocycles. The van der Waals surface area contributed by atoms with E-state index in [1.807, 2.05) is 0 Å².